The summed E-state index contributed by atoms with van der Waals surface area (Å²) in [5.41, 5.74) is 1.09. The van der Waals surface area contributed by atoms with Crippen molar-refractivity contribution < 1.29 is 4.74 Å². The second-order valence-electron chi connectivity index (χ2n) is 4.46. The smallest absolute Gasteiger partial charge is 0.150 e. The van der Waals surface area contributed by atoms with Crippen LogP contribution in [0.25, 0.3) is 0 Å². The molecule has 0 radical (unpaired) electrons. The topological polar surface area (TPSA) is 34.1 Å². The molecular formula is C14H11Cl3N2O. The van der Waals surface area contributed by atoms with Crippen LogP contribution in [0.3, 0.4) is 0 Å². The fourth-order valence-corrected chi connectivity index (χ4v) is 2.75. The Morgan fingerprint density at radius 1 is 1.15 bits per heavy atom. The third-order valence-electron chi connectivity index (χ3n) is 3.16. The number of benzene rings is 1. The van der Waals surface area contributed by atoms with Gasteiger partial charge in [0.25, 0.3) is 0 Å². The molecular weight excluding hydrogens is 319 g/mol. The molecule has 2 aromatic rings. The SMILES string of the molecule is Clc1cc(Cl)c(NC2CCOc3ccccc32)nc1Cl. The van der Waals surface area contributed by atoms with Crippen LogP contribution in [0.5, 0.6) is 5.75 Å². The first-order chi connectivity index (χ1) is 9.65. The number of ether oxygens (including phenoxy) is 1. The van der Waals surface area contributed by atoms with E-state index in [1.165, 1.54) is 0 Å². The van der Waals surface area contributed by atoms with Crippen molar-refractivity contribution in [3.8, 4) is 5.75 Å². The molecule has 0 saturated carbocycles. The van der Waals surface area contributed by atoms with Crippen molar-refractivity contribution in [2.75, 3.05) is 11.9 Å². The van der Waals surface area contributed by atoms with Gasteiger partial charge in [-0.05, 0) is 12.1 Å². The molecule has 0 fully saturated rings. The quantitative estimate of drug-likeness (QED) is 0.789. The lowest BCUT2D eigenvalue weighted by Gasteiger charge is -2.27. The summed E-state index contributed by atoms with van der Waals surface area (Å²) in [6.07, 6.45) is 0.829. The summed E-state index contributed by atoms with van der Waals surface area (Å²) in [5.74, 6) is 1.41. The number of para-hydroxylation sites is 1. The summed E-state index contributed by atoms with van der Waals surface area (Å²) in [6, 6.07) is 9.58. The van der Waals surface area contributed by atoms with Crippen LogP contribution in [-0.4, -0.2) is 11.6 Å². The van der Waals surface area contributed by atoms with Crippen molar-refractivity contribution in [1.82, 2.24) is 4.98 Å². The van der Waals surface area contributed by atoms with E-state index in [0.29, 0.717) is 22.5 Å². The highest BCUT2D eigenvalue weighted by Gasteiger charge is 2.22. The van der Waals surface area contributed by atoms with Gasteiger partial charge in [0.05, 0.1) is 22.7 Å². The summed E-state index contributed by atoms with van der Waals surface area (Å²) < 4.78 is 5.62. The fourth-order valence-electron chi connectivity index (χ4n) is 2.20. The molecule has 1 atom stereocenters. The average Bonchev–Trinajstić information content (AvgIpc) is 2.45. The van der Waals surface area contributed by atoms with Gasteiger partial charge in [0.2, 0.25) is 0 Å². The number of halogens is 3. The highest BCUT2D eigenvalue weighted by atomic mass is 35.5. The summed E-state index contributed by atoms with van der Waals surface area (Å²) in [7, 11) is 0. The molecule has 3 rings (SSSR count). The average molecular weight is 330 g/mol. The van der Waals surface area contributed by atoms with Gasteiger partial charge in [0.15, 0.2) is 0 Å². The number of hydrogen-bond acceptors (Lipinski definition) is 3. The maximum Gasteiger partial charge on any atom is 0.150 e. The molecule has 0 spiro atoms. The Kier molecular flexibility index (Phi) is 3.92. The summed E-state index contributed by atoms with van der Waals surface area (Å²) in [4.78, 5) is 4.19. The zero-order chi connectivity index (χ0) is 14.1. The normalized spacial score (nSPS) is 17.2. The molecule has 1 N–H and O–H groups in total. The number of rotatable bonds is 2. The largest absolute Gasteiger partial charge is 0.493 e. The Bertz CT molecular complexity index is 648. The van der Waals surface area contributed by atoms with Gasteiger partial charge in [-0.15, -0.1) is 0 Å². The molecule has 20 heavy (non-hydrogen) atoms. The van der Waals surface area contributed by atoms with Crippen LogP contribution < -0.4 is 10.1 Å². The lowest BCUT2D eigenvalue weighted by Crippen LogP contribution is -2.21. The maximum absolute atomic E-state index is 6.15. The Hall–Kier alpha value is -1.16. The van der Waals surface area contributed by atoms with E-state index in [0.717, 1.165) is 17.7 Å². The van der Waals surface area contributed by atoms with Crippen molar-refractivity contribution in [3.05, 3.63) is 51.1 Å². The molecule has 0 saturated heterocycles. The molecule has 0 amide bonds. The minimum absolute atomic E-state index is 0.0854. The van der Waals surface area contributed by atoms with Gasteiger partial charge in [-0.1, -0.05) is 53.0 Å². The number of fused-ring (bicyclic) bond motifs is 1. The summed E-state index contributed by atoms with van der Waals surface area (Å²) in [6.45, 7) is 0.646. The predicted octanol–water partition coefficient (Wildman–Crippen LogP) is 4.98. The van der Waals surface area contributed by atoms with E-state index in [2.05, 4.69) is 10.3 Å². The van der Waals surface area contributed by atoms with Gasteiger partial charge in [0.1, 0.15) is 16.7 Å². The standard InChI is InChI=1S/C14H11Cl3N2O/c15-9-7-10(16)14(19-13(9)17)18-11-5-6-20-12-4-2-1-3-8(11)12/h1-4,7,11H,5-6H2,(H,18,19). The Morgan fingerprint density at radius 3 is 2.80 bits per heavy atom. The molecule has 1 aliphatic heterocycles. The third-order valence-corrected chi connectivity index (χ3v) is 4.12. The number of nitrogens with one attached hydrogen (secondary N) is 1. The van der Waals surface area contributed by atoms with Crippen molar-refractivity contribution in [3.63, 3.8) is 0 Å². The molecule has 6 heteroatoms. The molecule has 0 aliphatic carbocycles. The van der Waals surface area contributed by atoms with Crippen LogP contribution in [0.15, 0.2) is 30.3 Å². The molecule has 2 heterocycles. The van der Waals surface area contributed by atoms with Gasteiger partial charge < -0.3 is 10.1 Å². The number of nitrogens with zero attached hydrogens (tertiary/aromatic N) is 1. The lowest BCUT2D eigenvalue weighted by atomic mass is 10.0. The highest BCUT2D eigenvalue weighted by molar-refractivity contribution is 6.42. The van der Waals surface area contributed by atoms with E-state index in [4.69, 9.17) is 39.5 Å². The van der Waals surface area contributed by atoms with Gasteiger partial charge in [0, 0.05) is 12.0 Å². The number of aromatic nitrogens is 1. The Labute approximate surface area is 131 Å². The van der Waals surface area contributed by atoms with Crippen molar-refractivity contribution >= 4 is 40.6 Å². The van der Waals surface area contributed by atoms with Crippen LogP contribution >= 0.6 is 34.8 Å². The van der Waals surface area contributed by atoms with Crippen LogP contribution in [0.4, 0.5) is 5.82 Å². The van der Waals surface area contributed by atoms with Gasteiger partial charge in [-0.2, -0.15) is 0 Å². The predicted molar refractivity (Wildman–Crippen MR) is 82.2 cm³/mol. The summed E-state index contributed by atoms with van der Waals surface area (Å²) in [5, 5.41) is 4.33. The minimum atomic E-state index is 0.0854. The van der Waals surface area contributed by atoms with Crippen molar-refractivity contribution in [2.45, 2.75) is 12.5 Å². The number of anilines is 1. The minimum Gasteiger partial charge on any atom is -0.493 e. The van der Waals surface area contributed by atoms with Crippen molar-refractivity contribution in [2.24, 2.45) is 0 Å². The maximum atomic E-state index is 6.15. The van der Waals surface area contributed by atoms with E-state index in [-0.39, 0.29) is 11.2 Å². The monoisotopic (exact) mass is 328 g/mol. The molecule has 3 nitrogen and oxygen atoms in total. The zero-order valence-electron chi connectivity index (χ0n) is 10.4. The number of pyridine rings is 1. The van der Waals surface area contributed by atoms with Gasteiger partial charge >= 0.3 is 0 Å². The zero-order valence-corrected chi connectivity index (χ0v) is 12.6. The van der Waals surface area contributed by atoms with E-state index in [1.54, 1.807) is 6.07 Å². The Balaban J connectivity index is 1.91. The third kappa shape index (κ3) is 2.66. The first-order valence-corrected chi connectivity index (χ1v) is 7.28. The fraction of sp³-hybridized carbons (Fsp3) is 0.214. The van der Waals surface area contributed by atoms with Crippen molar-refractivity contribution in [1.29, 1.82) is 0 Å². The molecule has 0 bridgehead atoms. The second-order valence-corrected chi connectivity index (χ2v) is 5.64. The highest BCUT2D eigenvalue weighted by Crippen LogP contribution is 2.36. The van der Waals surface area contributed by atoms with Gasteiger partial charge in [-0.3, -0.25) is 0 Å². The Morgan fingerprint density at radius 2 is 1.95 bits per heavy atom. The molecule has 104 valence electrons. The van der Waals surface area contributed by atoms with Crippen LogP contribution in [0.1, 0.15) is 18.0 Å². The lowest BCUT2D eigenvalue weighted by molar-refractivity contribution is 0.274. The number of hydrogen-bond donors (Lipinski definition) is 1. The molecule has 1 aromatic carbocycles. The first kappa shape index (κ1) is 13.8. The van der Waals surface area contributed by atoms with Crippen LogP contribution in [0.2, 0.25) is 15.2 Å². The second kappa shape index (κ2) is 5.68. The molecule has 1 aromatic heterocycles. The van der Waals surface area contributed by atoms with Gasteiger partial charge in [-0.25, -0.2) is 4.98 Å². The van der Waals surface area contributed by atoms with E-state index >= 15 is 0 Å². The molecule has 1 aliphatic rings. The van der Waals surface area contributed by atoms with E-state index in [1.807, 2.05) is 24.3 Å². The van der Waals surface area contributed by atoms with E-state index < -0.39 is 0 Å². The van der Waals surface area contributed by atoms with E-state index in [9.17, 15) is 0 Å². The van der Waals surface area contributed by atoms with Crippen LogP contribution in [0, 0.1) is 0 Å². The first-order valence-electron chi connectivity index (χ1n) is 6.15. The van der Waals surface area contributed by atoms with Crippen LogP contribution in [-0.2, 0) is 0 Å². The molecule has 1 unspecified atom stereocenters. The summed E-state index contributed by atoms with van der Waals surface area (Å²) >= 11 is 18.0.